The second-order valence-corrected chi connectivity index (χ2v) is 6.47. The van der Waals surface area contributed by atoms with E-state index in [4.69, 9.17) is 4.74 Å². The molecule has 0 bridgehead atoms. The molecule has 1 aromatic rings. The van der Waals surface area contributed by atoms with Crippen LogP contribution < -0.4 is 4.74 Å². The molecule has 0 radical (unpaired) electrons. The first kappa shape index (κ1) is 16.3. The van der Waals surface area contributed by atoms with Gasteiger partial charge in [-0.05, 0) is 48.9 Å². The van der Waals surface area contributed by atoms with Crippen molar-refractivity contribution in [3.05, 3.63) is 30.1 Å². The van der Waals surface area contributed by atoms with Crippen molar-refractivity contribution in [3.8, 4) is 5.75 Å². The van der Waals surface area contributed by atoms with Gasteiger partial charge in [-0.2, -0.15) is 0 Å². The average molecular weight is 292 g/mol. The molecule has 0 saturated heterocycles. The number of ether oxygens (including phenoxy) is 1. The van der Waals surface area contributed by atoms with Crippen LogP contribution >= 0.6 is 0 Å². The van der Waals surface area contributed by atoms with Crippen LogP contribution in [0.4, 0.5) is 4.39 Å². The first-order valence-electron chi connectivity index (χ1n) is 8.66. The van der Waals surface area contributed by atoms with Crippen molar-refractivity contribution in [2.75, 3.05) is 6.61 Å². The molecule has 0 spiro atoms. The summed E-state index contributed by atoms with van der Waals surface area (Å²) < 4.78 is 18.4. The molecule has 0 aromatic heterocycles. The molecule has 21 heavy (non-hydrogen) atoms. The first-order valence-corrected chi connectivity index (χ1v) is 8.66. The summed E-state index contributed by atoms with van der Waals surface area (Å²) in [6.45, 7) is 3.04. The third-order valence-corrected chi connectivity index (χ3v) is 4.77. The predicted octanol–water partition coefficient (Wildman–Crippen LogP) is 5.98. The zero-order chi connectivity index (χ0) is 14.9. The van der Waals surface area contributed by atoms with Gasteiger partial charge in [-0.1, -0.05) is 51.9 Å². The van der Waals surface area contributed by atoms with Gasteiger partial charge in [-0.3, -0.25) is 0 Å². The van der Waals surface area contributed by atoms with Crippen molar-refractivity contribution in [1.82, 2.24) is 0 Å². The van der Waals surface area contributed by atoms with Crippen LogP contribution in [0, 0.1) is 17.7 Å². The van der Waals surface area contributed by atoms with Gasteiger partial charge in [0, 0.05) is 0 Å². The number of halogens is 1. The van der Waals surface area contributed by atoms with E-state index in [2.05, 4.69) is 6.92 Å². The van der Waals surface area contributed by atoms with Crippen LogP contribution in [0.1, 0.15) is 64.7 Å². The molecule has 1 aliphatic rings. The topological polar surface area (TPSA) is 9.23 Å². The summed E-state index contributed by atoms with van der Waals surface area (Å²) >= 11 is 0. The maximum absolute atomic E-state index is 12.8. The van der Waals surface area contributed by atoms with Crippen molar-refractivity contribution in [2.45, 2.75) is 64.7 Å². The minimum Gasteiger partial charge on any atom is -0.494 e. The summed E-state index contributed by atoms with van der Waals surface area (Å²) in [4.78, 5) is 0. The molecule has 1 fully saturated rings. The number of benzene rings is 1. The van der Waals surface area contributed by atoms with Gasteiger partial charge in [0.1, 0.15) is 11.6 Å². The monoisotopic (exact) mass is 292 g/mol. The van der Waals surface area contributed by atoms with E-state index >= 15 is 0 Å². The fourth-order valence-electron chi connectivity index (χ4n) is 3.39. The smallest absolute Gasteiger partial charge is 0.123 e. The Bertz CT molecular complexity index is 379. The van der Waals surface area contributed by atoms with Gasteiger partial charge in [0.2, 0.25) is 0 Å². The highest BCUT2D eigenvalue weighted by Gasteiger charge is 2.20. The van der Waals surface area contributed by atoms with Crippen LogP contribution in [-0.4, -0.2) is 6.61 Å². The maximum atomic E-state index is 12.8. The molecule has 1 nitrogen and oxygen atoms in total. The largest absolute Gasteiger partial charge is 0.494 e. The van der Waals surface area contributed by atoms with E-state index in [0.29, 0.717) is 0 Å². The Hall–Kier alpha value is -1.05. The minimum atomic E-state index is -0.206. The summed E-state index contributed by atoms with van der Waals surface area (Å²) in [5, 5.41) is 0. The lowest BCUT2D eigenvalue weighted by molar-refractivity contribution is 0.228. The molecule has 0 unspecified atom stereocenters. The van der Waals surface area contributed by atoms with Gasteiger partial charge < -0.3 is 4.74 Å². The van der Waals surface area contributed by atoms with Crippen LogP contribution in [0.5, 0.6) is 5.75 Å². The number of unbranched alkanes of at least 4 members (excludes halogenated alkanes) is 1. The highest BCUT2D eigenvalue weighted by molar-refractivity contribution is 5.21. The number of hydrogen-bond acceptors (Lipinski definition) is 1. The molecule has 0 amide bonds. The van der Waals surface area contributed by atoms with Crippen molar-refractivity contribution >= 4 is 0 Å². The van der Waals surface area contributed by atoms with Crippen LogP contribution in [-0.2, 0) is 0 Å². The Labute approximate surface area is 128 Å². The van der Waals surface area contributed by atoms with Crippen LogP contribution in [0.25, 0.3) is 0 Å². The minimum absolute atomic E-state index is 0.206. The highest BCUT2D eigenvalue weighted by Crippen LogP contribution is 2.34. The second kappa shape index (κ2) is 9.07. The molecule has 2 rings (SSSR count). The zero-order valence-electron chi connectivity index (χ0n) is 13.3. The Morgan fingerprint density at radius 3 is 2.10 bits per heavy atom. The molecule has 0 atom stereocenters. The average Bonchev–Trinajstić information content (AvgIpc) is 2.52. The second-order valence-electron chi connectivity index (χ2n) is 6.47. The summed E-state index contributed by atoms with van der Waals surface area (Å²) in [6.07, 6.45) is 12.3. The zero-order valence-corrected chi connectivity index (χ0v) is 13.3. The molecule has 1 aromatic carbocycles. The van der Waals surface area contributed by atoms with Gasteiger partial charge in [0.15, 0.2) is 0 Å². The van der Waals surface area contributed by atoms with Crippen molar-refractivity contribution in [1.29, 1.82) is 0 Å². The highest BCUT2D eigenvalue weighted by atomic mass is 19.1. The summed E-state index contributed by atoms with van der Waals surface area (Å²) in [6, 6.07) is 6.31. The fourth-order valence-corrected chi connectivity index (χ4v) is 3.39. The molecule has 118 valence electrons. The van der Waals surface area contributed by atoms with E-state index in [1.54, 1.807) is 12.1 Å². The Morgan fingerprint density at radius 1 is 0.952 bits per heavy atom. The number of rotatable bonds is 8. The van der Waals surface area contributed by atoms with Gasteiger partial charge in [-0.15, -0.1) is 0 Å². The first-order chi connectivity index (χ1) is 10.3. The van der Waals surface area contributed by atoms with Crippen molar-refractivity contribution in [2.24, 2.45) is 11.8 Å². The van der Waals surface area contributed by atoms with E-state index < -0.39 is 0 Å². The van der Waals surface area contributed by atoms with E-state index in [-0.39, 0.29) is 5.82 Å². The molecule has 0 N–H and O–H groups in total. The standard InChI is InChI=1S/C19H29FO/c1-2-3-5-16-7-9-17(10-8-16)6-4-15-21-19-13-11-18(20)12-14-19/h11-14,16-17H,2-10,15H2,1H3. The van der Waals surface area contributed by atoms with Gasteiger partial charge in [-0.25, -0.2) is 4.39 Å². The summed E-state index contributed by atoms with van der Waals surface area (Å²) in [7, 11) is 0. The fraction of sp³-hybridized carbons (Fsp3) is 0.684. The normalized spacial score (nSPS) is 22.2. The lowest BCUT2D eigenvalue weighted by Gasteiger charge is -2.28. The third kappa shape index (κ3) is 6.07. The molecule has 0 heterocycles. The lowest BCUT2D eigenvalue weighted by Crippen LogP contribution is -2.15. The van der Waals surface area contributed by atoms with E-state index in [9.17, 15) is 4.39 Å². The summed E-state index contributed by atoms with van der Waals surface area (Å²) in [5.41, 5.74) is 0. The molecule has 1 saturated carbocycles. The molecule has 1 aliphatic carbocycles. The van der Waals surface area contributed by atoms with E-state index in [1.807, 2.05) is 0 Å². The molecule has 0 aliphatic heterocycles. The maximum Gasteiger partial charge on any atom is 0.123 e. The predicted molar refractivity (Wildman–Crippen MR) is 86.1 cm³/mol. The quantitative estimate of drug-likeness (QED) is 0.535. The third-order valence-electron chi connectivity index (χ3n) is 4.77. The Kier molecular flexibility index (Phi) is 7.05. The number of hydrogen-bond donors (Lipinski definition) is 0. The van der Waals surface area contributed by atoms with Crippen molar-refractivity contribution in [3.63, 3.8) is 0 Å². The van der Waals surface area contributed by atoms with Gasteiger partial charge in [0.05, 0.1) is 6.61 Å². The SMILES string of the molecule is CCCCC1CCC(CCCOc2ccc(F)cc2)CC1. The Balaban J connectivity index is 1.54. The molecule has 2 heteroatoms. The van der Waals surface area contributed by atoms with Crippen LogP contribution in [0.2, 0.25) is 0 Å². The van der Waals surface area contributed by atoms with Gasteiger partial charge in [0.25, 0.3) is 0 Å². The molecular weight excluding hydrogens is 263 g/mol. The van der Waals surface area contributed by atoms with E-state index in [1.165, 1.54) is 63.5 Å². The van der Waals surface area contributed by atoms with Gasteiger partial charge >= 0.3 is 0 Å². The summed E-state index contributed by atoms with van der Waals surface area (Å²) in [5.74, 6) is 2.47. The molecular formula is C19H29FO. The van der Waals surface area contributed by atoms with Crippen LogP contribution in [0.15, 0.2) is 24.3 Å². The van der Waals surface area contributed by atoms with Crippen molar-refractivity contribution < 1.29 is 9.13 Å². The van der Waals surface area contributed by atoms with Crippen LogP contribution in [0.3, 0.4) is 0 Å². The van der Waals surface area contributed by atoms with E-state index in [0.717, 1.165) is 30.6 Å². The Morgan fingerprint density at radius 2 is 1.52 bits per heavy atom. The lowest BCUT2D eigenvalue weighted by atomic mass is 9.78.